The Kier molecular flexibility index (Phi) is 13.4. The highest BCUT2D eigenvalue weighted by atomic mass is 16.6. The molecule has 0 spiro atoms. The lowest BCUT2D eigenvalue weighted by Crippen LogP contribution is -2.60. The van der Waals surface area contributed by atoms with Gasteiger partial charge in [-0.3, -0.25) is 9.59 Å². The molecule has 3 aromatic rings. The summed E-state index contributed by atoms with van der Waals surface area (Å²) in [5, 5.41) is 5.79. The van der Waals surface area contributed by atoms with Crippen LogP contribution in [0.3, 0.4) is 0 Å². The average Bonchev–Trinajstić information content (AvgIpc) is 3.01. The van der Waals surface area contributed by atoms with Crippen LogP contribution in [0.25, 0.3) is 0 Å². The van der Waals surface area contributed by atoms with Crippen LogP contribution in [0.1, 0.15) is 97.0 Å². The standard InChI is InChI=1S/C41H55N3O6/c1-11-41(9,10)44(36(46)32(26-29-20-14-12-15-21-29)43-38(48)50-40(6,7)8)34(31-24-18-19-28(2)25-31)35(45)42-33(37(47)49-39(3,4)5)27-30-22-16-13-17-23-30/h12-25,32-34H,11,26-27H2,1-10H3,(H,42,45)(H,43,48). The molecular weight excluding hydrogens is 630 g/mol. The van der Waals surface area contributed by atoms with Gasteiger partial charge in [0.25, 0.3) is 0 Å². The number of benzene rings is 3. The molecule has 3 unspecified atom stereocenters. The Bertz CT molecular complexity index is 1590. The maximum Gasteiger partial charge on any atom is 0.408 e. The van der Waals surface area contributed by atoms with Crippen LogP contribution in [0.15, 0.2) is 84.9 Å². The molecule has 0 saturated heterocycles. The molecule has 0 aliphatic heterocycles. The second kappa shape index (κ2) is 16.8. The molecule has 3 rings (SSSR count). The number of alkyl carbamates (subject to hydrolysis) is 1. The van der Waals surface area contributed by atoms with Crippen molar-refractivity contribution in [2.45, 2.75) is 123 Å². The van der Waals surface area contributed by atoms with Gasteiger partial charge in [-0.15, -0.1) is 0 Å². The predicted molar refractivity (Wildman–Crippen MR) is 196 cm³/mol. The van der Waals surface area contributed by atoms with E-state index < -0.39 is 58.7 Å². The zero-order chi connectivity index (χ0) is 37.3. The summed E-state index contributed by atoms with van der Waals surface area (Å²) in [4.78, 5) is 58.2. The van der Waals surface area contributed by atoms with E-state index in [1.807, 2.05) is 107 Å². The maximum atomic E-state index is 15.0. The summed E-state index contributed by atoms with van der Waals surface area (Å²) in [5.41, 5.74) is 0.637. The summed E-state index contributed by atoms with van der Waals surface area (Å²) in [7, 11) is 0. The number of aryl methyl sites for hydroxylation is 1. The van der Waals surface area contributed by atoms with Gasteiger partial charge < -0.3 is 25.0 Å². The number of rotatable bonds is 13. The van der Waals surface area contributed by atoms with Crippen molar-refractivity contribution in [3.63, 3.8) is 0 Å². The molecule has 9 nitrogen and oxygen atoms in total. The van der Waals surface area contributed by atoms with Gasteiger partial charge in [-0.2, -0.15) is 0 Å². The van der Waals surface area contributed by atoms with Gasteiger partial charge in [0.05, 0.1) is 0 Å². The van der Waals surface area contributed by atoms with Gasteiger partial charge in [0, 0.05) is 18.4 Å². The van der Waals surface area contributed by atoms with E-state index in [4.69, 9.17) is 9.47 Å². The number of nitrogens with one attached hydrogen (secondary N) is 2. The minimum atomic E-state index is -1.17. The first-order valence-electron chi connectivity index (χ1n) is 17.3. The molecule has 50 heavy (non-hydrogen) atoms. The lowest BCUT2D eigenvalue weighted by Gasteiger charge is -2.45. The Morgan fingerprint density at radius 3 is 1.68 bits per heavy atom. The molecule has 0 saturated carbocycles. The van der Waals surface area contributed by atoms with Gasteiger partial charge in [0.1, 0.15) is 29.3 Å². The monoisotopic (exact) mass is 685 g/mol. The molecule has 3 amide bonds. The Hall–Kier alpha value is -4.66. The van der Waals surface area contributed by atoms with E-state index in [2.05, 4.69) is 10.6 Å². The Morgan fingerprint density at radius 1 is 0.680 bits per heavy atom. The lowest BCUT2D eigenvalue weighted by molar-refractivity contribution is -0.159. The Morgan fingerprint density at radius 2 is 1.20 bits per heavy atom. The van der Waals surface area contributed by atoms with E-state index in [0.29, 0.717) is 12.0 Å². The third kappa shape index (κ3) is 12.0. The van der Waals surface area contributed by atoms with E-state index >= 15 is 4.79 Å². The SMILES string of the molecule is CCC(C)(C)N(C(=O)C(Cc1ccccc1)NC(=O)OC(C)(C)C)C(C(=O)NC(Cc1ccccc1)C(=O)OC(C)(C)C)c1cccc(C)c1. The van der Waals surface area contributed by atoms with Crippen LogP contribution in [0, 0.1) is 6.92 Å². The molecule has 0 fully saturated rings. The highest BCUT2D eigenvalue weighted by Gasteiger charge is 2.44. The molecule has 3 atom stereocenters. The average molecular weight is 686 g/mol. The van der Waals surface area contributed by atoms with Crippen molar-refractivity contribution < 1.29 is 28.7 Å². The summed E-state index contributed by atoms with van der Waals surface area (Å²) in [6.45, 7) is 18.2. The largest absolute Gasteiger partial charge is 0.458 e. The second-order valence-corrected chi connectivity index (χ2v) is 15.4. The van der Waals surface area contributed by atoms with Gasteiger partial charge in [0.15, 0.2) is 0 Å². The molecule has 0 aliphatic carbocycles. The van der Waals surface area contributed by atoms with Crippen molar-refractivity contribution >= 4 is 23.9 Å². The van der Waals surface area contributed by atoms with Crippen LogP contribution in [-0.2, 0) is 36.7 Å². The van der Waals surface area contributed by atoms with Crippen molar-refractivity contribution in [1.29, 1.82) is 0 Å². The second-order valence-electron chi connectivity index (χ2n) is 15.4. The normalized spacial score (nSPS) is 13.7. The molecule has 0 heterocycles. The third-order valence-electron chi connectivity index (χ3n) is 8.18. The first-order chi connectivity index (χ1) is 23.3. The first kappa shape index (κ1) is 39.8. The number of ether oxygens (including phenoxy) is 2. The molecule has 2 N–H and O–H groups in total. The summed E-state index contributed by atoms with van der Waals surface area (Å²) >= 11 is 0. The molecule has 3 aromatic carbocycles. The Labute approximate surface area is 298 Å². The summed E-state index contributed by atoms with van der Waals surface area (Å²) in [6, 6.07) is 22.9. The minimum Gasteiger partial charge on any atom is -0.458 e. The fraction of sp³-hybridized carbons (Fsp3) is 0.463. The molecule has 0 aromatic heterocycles. The molecule has 9 heteroatoms. The van der Waals surface area contributed by atoms with Crippen LogP contribution in [0.4, 0.5) is 4.79 Å². The molecule has 0 radical (unpaired) electrons. The van der Waals surface area contributed by atoms with Gasteiger partial charge in [-0.1, -0.05) is 97.4 Å². The van der Waals surface area contributed by atoms with Crippen LogP contribution in [-0.4, -0.2) is 57.6 Å². The number of carbonyl (C=O) groups excluding carboxylic acids is 4. The van der Waals surface area contributed by atoms with E-state index in [9.17, 15) is 14.4 Å². The zero-order valence-electron chi connectivity index (χ0n) is 31.3. The third-order valence-corrected chi connectivity index (χ3v) is 8.18. The van der Waals surface area contributed by atoms with Crippen molar-refractivity contribution in [1.82, 2.24) is 15.5 Å². The highest BCUT2D eigenvalue weighted by molar-refractivity contribution is 5.94. The number of nitrogens with zero attached hydrogens (tertiary/aromatic N) is 1. The predicted octanol–water partition coefficient (Wildman–Crippen LogP) is 7.26. The summed E-state index contributed by atoms with van der Waals surface area (Å²) < 4.78 is 11.3. The quantitative estimate of drug-likeness (QED) is 0.183. The summed E-state index contributed by atoms with van der Waals surface area (Å²) in [6.07, 6.45) is 0.0826. The highest BCUT2D eigenvalue weighted by Crippen LogP contribution is 2.33. The van der Waals surface area contributed by atoms with Crippen molar-refractivity contribution in [3.05, 3.63) is 107 Å². The van der Waals surface area contributed by atoms with Crippen molar-refractivity contribution in [2.75, 3.05) is 0 Å². The minimum absolute atomic E-state index is 0.159. The molecule has 0 aliphatic rings. The number of hydrogen-bond acceptors (Lipinski definition) is 6. The van der Waals surface area contributed by atoms with Crippen LogP contribution in [0.2, 0.25) is 0 Å². The number of carbonyl (C=O) groups is 4. The fourth-order valence-electron chi connectivity index (χ4n) is 5.54. The van der Waals surface area contributed by atoms with E-state index in [0.717, 1.165) is 16.7 Å². The number of hydrogen-bond donors (Lipinski definition) is 2. The Balaban J connectivity index is 2.17. The van der Waals surface area contributed by atoms with Crippen LogP contribution < -0.4 is 10.6 Å². The first-order valence-corrected chi connectivity index (χ1v) is 17.3. The van der Waals surface area contributed by atoms with E-state index in [1.54, 1.807) is 52.5 Å². The maximum absolute atomic E-state index is 15.0. The van der Waals surface area contributed by atoms with Gasteiger partial charge in [0.2, 0.25) is 11.8 Å². The molecular formula is C41H55N3O6. The van der Waals surface area contributed by atoms with Gasteiger partial charge in [-0.25, -0.2) is 9.59 Å². The molecule has 0 bridgehead atoms. The van der Waals surface area contributed by atoms with E-state index in [-0.39, 0.29) is 12.8 Å². The van der Waals surface area contributed by atoms with Crippen molar-refractivity contribution in [2.24, 2.45) is 0 Å². The fourth-order valence-corrected chi connectivity index (χ4v) is 5.54. The van der Waals surface area contributed by atoms with Crippen molar-refractivity contribution in [3.8, 4) is 0 Å². The zero-order valence-corrected chi connectivity index (χ0v) is 31.3. The van der Waals surface area contributed by atoms with E-state index in [1.165, 1.54) is 0 Å². The lowest BCUT2D eigenvalue weighted by atomic mass is 9.90. The number of esters is 1. The topological polar surface area (TPSA) is 114 Å². The number of amides is 3. The summed E-state index contributed by atoms with van der Waals surface area (Å²) in [5.74, 6) is -1.60. The smallest absolute Gasteiger partial charge is 0.408 e. The van der Waals surface area contributed by atoms with Crippen LogP contribution in [0.5, 0.6) is 0 Å². The van der Waals surface area contributed by atoms with Crippen LogP contribution >= 0.6 is 0 Å². The van der Waals surface area contributed by atoms with Gasteiger partial charge >= 0.3 is 12.1 Å². The van der Waals surface area contributed by atoms with Gasteiger partial charge in [-0.05, 0) is 85.4 Å². The molecule has 270 valence electrons.